The van der Waals surface area contributed by atoms with E-state index in [1.54, 1.807) is 40.6 Å². The van der Waals surface area contributed by atoms with Gasteiger partial charge in [0.1, 0.15) is 59.1 Å². The molecule has 0 unspecified atom stereocenters. The summed E-state index contributed by atoms with van der Waals surface area (Å²) in [5.74, 6) is 5.16. The molecule has 0 aliphatic heterocycles. The number of alkyl halides is 1. The minimum Gasteiger partial charge on any atom is -0.502 e. The number of H-pyrrole nitrogens is 2. The largest absolute Gasteiger partial charge is 0.502 e. The third-order valence-electron chi connectivity index (χ3n) is 14.8. The summed E-state index contributed by atoms with van der Waals surface area (Å²) in [6.07, 6.45) is 2.51. The van der Waals surface area contributed by atoms with Crippen LogP contribution >= 0.6 is 59.4 Å². The molecule has 0 saturated heterocycles. The quantitative estimate of drug-likeness (QED) is 0.0152. The Morgan fingerprint density at radius 2 is 1.03 bits per heavy atom. The van der Waals surface area contributed by atoms with Gasteiger partial charge >= 0.3 is 17.3 Å². The number of methoxy groups -OCH3 is 4. The van der Waals surface area contributed by atoms with E-state index in [4.69, 9.17) is 60.3 Å². The third-order valence-corrected chi connectivity index (χ3v) is 16.6. The number of hydrogen-bond donors (Lipinski definition) is 4. The number of hydrogen-bond acceptors (Lipinski definition) is 19. The number of benzene rings is 9. The number of carbonyl (C=O) groups is 1. The van der Waals surface area contributed by atoms with Crippen LogP contribution in [0.2, 0.25) is 0 Å². The van der Waals surface area contributed by atoms with E-state index in [9.17, 15) is 29.8 Å². The van der Waals surface area contributed by atoms with Gasteiger partial charge in [0.2, 0.25) is 5.65 Å². The number of nitro groups is 2. The Balaban J connectivity index is 0.000000391. The molecule has 0 atom stereocenters. The summed E-state index contributed by atoms with van der Waals surface area (Å²) in [5.41, 5.74) is 14.7. The molecule has 0 aliphatic rings. The Kier molecular flexibility index (Phi) is 38.2. The summed E-state index contributed by atoms with van der Waals surface area (Å²) in [7, 11) is 6.55. The monoisotopic (exact) mass is 1680 g/mol. The first-order valence-electron chi connectivity index (χ1n) is 31.8. The van der Waals surface area contributed by atoms with E-state index in [1.165, 1.54) is 35.4 Å². The molecule has 27 heteroatoms. The van der Waals surface area contributed by atoms with Crippen molar-refractivity contribution >= 4 is 93.6 Å². The van der Waals surface area contributed by atoms with Crippen LogP contribution in [0, 0.1) is 20.2 Å². The molecule has 107 heavy (non-hydrogen) atoms. The number of aromatic nitrogens is 5. The SMILES string of the molecule is C.C.C.C.CCOc1cc(-c2ccc(CCc3ccc(OC)cc3)c(CCC(=O)OC(C)(C)C)c2)ccc1-c1nc2n[nH]nc2c(=O)[nH]1.COc1ccc(CCl)cc1.COc1ccc(COc2ccc(Br)cc2N)cc1.COc1ccc(COc2ccc(Br)cc2[N+](=O)[O-])cc1.O=[N+]([O-])c1cc(Br)ccc1O. The minimum atomic E-state index is -0.639. The lowest BCUT2D eigenvalue weighted by Gasteiger charge is -2.20. The van der Waals surface area contributed by atoms with Gasteiger partial charge in [0.25, 0.3) is 5.56 Å². The number of nitro benzene ring substituents is 2. The predicted molar refractivity (Wildman–Crippen MR) is 435 cm³/mol. The van der Waals surface area contributed by atoms with Gasteiger partial charge in [0.05, 0.1) is 56.1 Å². The molecule has 0 spiro atoms. The highest BCUT2D eigenvalue weighted by atomic mass is 79.9. The van der Waals surface area contributed by atoms with Crippen LogP contribution in [0.3, 0.4) is 0 Å². The molecule has 0 saturated carbocycles. The number of halogens is 4. The molecule has 0 amide bonds. The normalized spacial score (nSPS) is 10.2. The van der Waals surface area contributed by atoms with Crippen LogP contribution in [0.15, 0.2) is 206 Å². The van der Waals surface area contributed by atoms with Gasteiger partial charge in [-0.2, -0.15) is 5.21 Å². The van der Waals surface area contributed by atoms with Crippen molar-refractivity contribution in [1.82, 2.24) is 25.4 Å². The van der Waals surface area contributed by atoms with Crippen molar-refractivity contribution < 1.29 is 57.6 Å². The van der Waals surface area contributed by atoms with Gasteiger partial charge < -0.3 is 53.7 Å². The molecular weight excluding hydrogens is 1590 g/mol. The van der Waals surface area contributed by atoms with Gasteiger partial charge in [0, 0.05) is 37.9 Å². The lowest BCUT2D eigenvalue weighted by molar-refractivity contribution is -0.386. The van der Waals surface area contributed by atoms with Crippen molar-refractivity contribution in [3.63, 3.8) is 0 Å². The number of phenolic OH excluding ortho intramolecular Hbond substituents is 1. The number of aromatic hydroxyl groups is 1. The van der Waals surface area contributed by atoms with Gasteiger partial charge in [-0.25, -0.2) is 4.98 Å². The number of rotatable bonds is 23. The smallest absolute Gasteiger partial charge is 0.312 e. The van der Waals surface area contributed by atoms with Crippen LogP contribution in [-0.2, 0) is 47.9 Å². The Morgan fingerprint density at radius 1 is 0.551 bits per heavy atom. The summed E-state index contributed by atoms with van der Waals surface area (Å²) in [4.78, 5) is 52.5. The number of phenols is 1. The summed E-state index contributed by atoms with van der Waals surface area (Å²) in [6.45, 7) is 8.70. The maximum atomic E-state index is 12.6. The van der Waals surface area contributed by atoms with E-state index >= 15 is 0 Å². The number of aromatic amines is 2. The number of fused-ring (bicyclic) bond motifs is 1. The van der Waals surface area contributed by atoms with E-state index in [2.05, 4.69) is 104 Å². The molecule has 570 valence electrons. The molecule has 0 bridgehead atoms. The zero-order valence-electron chi connectivity index (χ0n) is 57.5. The number of nitrogen functional groups attached to an aromatic ring is 1. The van der Waals surface area contributed by atoms with Crippen LogP contribution in [0.5, 0.6) is 46.0 Å². The second kappa shape index (κ2) is 45.1. The maximum absolute atomic E-state index is 12.6. The van der Waals surface area contributed by atoms with Crippen LogP contribution < -0.4 is 44.5 Å². The molecule has 11 rings (SSSR count). The zero-order chi connectivity index (χ0) is 74.6. The van der Waals surface area contributed by atoms with Crippen molar-refractivity contribution in [3.05, 3.63) is 265 Å². The maximum Gasteiger partial charge on any atom is 0.312 e. The van der Waals surface area contributed by atoms with E-state index in [-0.39, 0.29) is 88.3 Å². The fourth-order valence-electron chi connectivity index (χ4n) is 9.57. The number of aryl methyl sites for hydroxylation is 3. The fraction of sp³-hybridized carbons (Fsp3) is 0.263. The lowest BCUT2D eigenvalue weighted by Crippen LogP contribution is -2.24. The number of esters is 1. The number of nitrogens with one attached hydrogen (secondary N) is 2. The van der Waals surface area contributed by atoms with Crippen LogP contribution in [0.25, 0.3) is 33.7 Å². The van der Waals surface area contributed by atoms with Crippen LogP contribution in [-0.4, -0.2) is 86.9 Å². The van der Waals surface area contributed by atoms with Gasteiger partial charge in [-0.1, -0.05) is 150 Å². The summed E-state index contributed by atoms with van der Waals surface area (Å²) in [6, 6.07) is 57.3. The summed E-state index contributed by atoms with van der Waals surface area (Å²) >= 11 is 15.2. The number of nitrogens with two attached hydrogens (primary N) is 1. The summed E-state index contributed by atoms with van der Waals surface area (Å²) < 4.78 is 45.3. The zero-order valence-corrected chi connectivity index (χ0v) is 63.1. The van der Waals surface area contributed by atoms with E-state index in [0.29, 0.717) is 63.0 Å². The number of carbonyl (C=O) groups excluding carboxylic acids is 1. The predicted octanol–water partition coefficient (Wildman–Crippen LogP) is 20.4. The van der Waals surface area contributed by atoms with Crippen molar-refractivity contribution in [2.45, 2.75) is 108 Å². The highest BCUT2D eigenvalue weighted by molar-refractivity contribution is 9.11. The van der Waals surface area contributed by atoms with Crippen LogP contribution in [0.4, 0.5) is 17.1 Å². The van der Waals surface area contributed by atoms with Gasteiger partial charge in [-0.15, -0.1) is 21.8 Å². The molecular formula is C80H92Br3ClN8O15. The average Bonchev–Trinajstić information content (AvgIpc) is 1.78. The second-order valence-corrected chi connectivity index (χ2v) is 26.2. The molecule has 2 aromatic heterocycles. The second-order valence-electron chi connectivity index (χ2n) is 23.2. The van der Waals surface area contributed by atoms with Crippen molar-refractivity contribution in [3.8, 4) is 68.5 Å². The Labute approximate surface area is 654 Å². The molecule has 0 aliphatic carbocycles. The minimum absolute atomic E-state index is 0. The van der Waals surface area contributed by atoms with Gasteiger partial charge in [0.15, 0.2) is 17.0 Å². The van der Waals surface area contributed by atoms with Gasteiger partial charge in [-0.3, -0.25) is 29.8 Å². The first-order valence-corrected chi connectivity index (χ1v) is 34.7. The molecule has 5 N–H and O–H groups in total. The Bertz CT molecular complexity index is 4640. The van der Waals surface area contributed by atoms with E-state index in [0.717, 1.165) is 73.7 Å². The molecule has 11 aromatic rings. The standard InChI is InChI=1S/C34H37N5O5.C14H12BrNO4.C14H14BrNO2.C8H9ClO.C6H4BrNO3.4CH4/c1-6-43-28-20-25(13-17-27(28)31-35-32-30(33(41)36-31)37-39-38-32)24-12-11-22(10-7-21-8-15-26(42-5)16-9-21)23(19-24)14-18-29(40)44-34(2,3)4;1-19-12-5-2-10(3-6-12)9-20-14-7-4-11(15)8-13(14)16(17)18;1-17-12-5-2-10(3-6-12)9-18-14-7-4-11(15)8-13(14)16;1-10-8-4-2-7(6-9)3-5-8;7-4-1-2-6(9)5(3-4)8(10)11;;;;/h8-9,11-13,15-17,19-20H,6-7,10,14,18H2,1-5H3,(H2,35,36,37,38,39,41);2-8H,9H2,1H3;2-8H,9,16H2,1H3;2-5H,6H2,1H3;1-3,9H;4*1H4. The first-order chi connectivity index (χ1) is 49.4. The number of ether oxygens (including phenoxy) is 8. The highest BCUT2D eigenvalue weighted by Crippen LogP contribution is 2.36. The average molecular weight is 1680 g/mol. The molecule has 0 fully saturated rings. The van der Waals surface area contributed by atoms with Crippen molar-refractivity contribution in [2.24, 2.45) is 0 Å². The number of nitrogens with zero attached hydrogens (tertiary/aromatic N) is 5. The van der Waals surface area contributed by atoms with Gasteiger partial charge in [-0.05, 0) is 195 Å². The van der Waals surface area contributed by atoms with E-state index < -0.39 is 15.4 Å². The van der Waals surface area contributed by atoms with E-state index in [1.807, 2.05) is 149 Å². The molecule has 23 nitrogen and oxygen atoms in total. The number of anilines is 1. The Hall–Kier alpha value is -10.5. The van der Waals surface area contributed by atoms with Crippen molar-refractivity contribution in [2.75, 3.05) is 40.8 Å². The van der Waals surface area contributed by atoms with Crippen molar-refractivity contribution in [1.29, 1.82) is 0 Å². The fourth-order valence-corrected chi connectivity index (χ4v) is 10.8. The topological polar surface area (TPSA) is 311 Å². The molecule has 9 aromatic carbocycles. The Morgan fingerprint density at radius 3 is 1.52 bits per heavy atom. The molecule has 2 heterocycles. The third kappa shape index (κ3) is 28.7. The van der Waals surface area contributed by atoms with Crippen LogP contribution in [0.1, 0.15) is 97.2 Å². The highest BCUT2D eigenvalue weighted by Gasteiger charge is 2.20. The molecule has 0 radical (unpaired) electrons. The lowest BCUT2D eigenvalue weighted by atomic mass is 9.92. The summed E-state index contributed by atoms with van der Waals surface area (Å²) in [5, 5.41) is 40.4. The first kappa shape index (κ1) is 90.7.